The van der Waals surface area contributed by atoms with Gasteiger partial charge in [0.15, 0.2) is 0 Å². The molecule has 0 unspecified atom stereocenters. The minimum Gasteiger partial charge on any atom is -0.172 e. The Morgan fingerprint density at radius 1 is 1.00 bits per heavy atom. The van der Waals surface area contributed by atoms with Crippen LogP contribution in [-0.2, 0) is 0 Å². The maximum atomic E-state index is 4.42. The van der Waals surface area contributed by atoms with E-state index in [4.69, 9.17) is 0 Å². The van der Waals surface area contributed by atoms with Crippen molar-refractivity contribution in [2.45, 2.75) is 4.90 Å². The van der Waals surface area contributed by atoms with Crippen LogP contribution in [0.25, 0.3) is 22.2 Å². The van der Waals surface area contributed by atoms with Crippen molar-refractivity contribution in [1.82, 2.24) is 8.75 Å². The van der Waals surface area contributed by atoms with E-state index >= 15 is 0 Å². The van der Waals surface area contributed by atoms with E-state index in [9.17, 15) is 0 Å². The van der Waals surface area contributed by atoms with Gasteiger partial charge >= 0.3 is 0 Å². The van der Waals surface area contributed by atoms with Crippen molar-refractivity contribution < 1.29 is 0 Å². The summed E-state index contributed by atoms with van der Waals surface area (Å²) in [6, 6.07) is 12.5. The molecule has 2 aromatic carbocycles. The highest BCUT2D eigenvalue weighted by atomic mass is 79.9. The predicted octanol–water partition coefficient (Wildman–Crippen LogP) is 4.84. The molecule has 5 heteroatoms. The summed E-state index contributed by atoms with van der Waals surface area (Å²) < 4.78 is 9.76. The van der Waals surface area contributed by atoms with Crippen LogP contribution in [0.4, 0.5) is 0 Å². The summed E-state index contributed by atoms with van der Waals surface area (Å²) in [5, 5.41) is 0. The van der Waals surface area contributed by atoms with E-state index < -0.39 is 0 Å². The molecule has 0 saturated carbocycles. The molecule has 0 aliphatic rings. The standard InChI is InChI=1S/C13H9BrN2S2/c1-17-11-5-3-2-4-8(11)9-6-7-10(14)13-12(9)15-18-16-13/h2-7H,1H3. The molecule has 0 aliphatic heterocycles. The molecule has 0 radical (unpaired) electrons. The largest absolute Gasteiger partial charge is 0.172 e. The molecule has 1 heterocycles. The van der Waals surface area contributed by atoms with E-state index in [2.05, 4.69) is 61.3 Å². The Morgan fingerprint density at radius 2 is 1.78 bits per heavy atom. The van der Waals surface area contributed by atoms with Gasteiger partial charge in [0.1, 0.15) is 11.0 Å². The molecule has 90 valence electrons. The molecule has 0 amide bonds. The summed E-state index contributed by atoms with van der Waals surface area (Å²) in [5.41, 5.74) is 4.27. The maximum absolute atomic E-state index is 4.42. The van der Waals surface area contributed by atoms with E-state index in [-0.39, 0.29) is 0 Å². The Balaban J connectivity index is 2.32. The Labute approximate surface area is 122 Å². The number of rotatable bonds is 2. The molecule has 0 spiro atoms. The van der Waals surface area contributed by atoms with E-state index in [1.807, 2.05) is 6.07 Å². The van der Waals surface area contributed by atoms with Gasteiger partial charge in [0.25, 0.3) is 0 Å². The summed E-state index contributed by atoms with van der Waals surface area (Å²) in [7, 11) is 0. The highest BCUT2D eigenvalue weighted by Crippen LogP contribution is 2.36. The number of halogens is 1. The van der Waals surface area contributed by atoms with Gasteiger partial charge in [0.2, 0.25) is 0 Å². The Kier molecular flexibility index (Phi) is 3.37. The fourth-order valence-electron chi connectivity index (χ4n) is 1.92. The average Bonchev–Trinajstić information content (AvgIpc) is 2.89. The van der Waals surface area contributed by atoms with E-state index in [1.165, 1.54) is 22.2 Å². The highest BCUT2D eigenvalue weighted by molar-refractivity contribution is 9.10. The minimum absolute atomic E-state index is 0.938. The monoisotopic (exact) mass is 336 g/mol. The number of benzene rings is 2. The molecule has 0 fully saturated rings. The lowest BCUT2D eigenvalue weighted by Gasteiger charge is -2.08. The van der Waals surface area contributed by atoms with E-state index in [0.29, 0.717) is 0 Å². The SMILES string of the molecule is CSc1ccccc1-c1ccc(Br)c2nsnc12. The van der Waals surface area contributed by atoms with Crippen molar-refractivity contribution in [1.29, 1.82) is 0 Å². The normalized spacial score (nSPS) is 11.0. The third-order valence-electron chi connectivity index (χ3n) is 2.76. The van der Waals surface area contributed by atoms with Gasteiger partial charge in [-0.15, -0.1) is 11.8 Å². The molecule has 18 heavy (non-hydrogen) atoms. The van der Waals surface area contributed by atoms with Gasteiger partial charge in [0, 0.05) is 14.9 Å². The molecule has 1 aromatic heterocycles. The Bertz CT molecular complexity index is 709. The van der Waals surface area contributed by atoms with Crippen LogP contribution in [0.1, 0.15) is 0 Å². The summed E-state index contributed by atoms with van der Waals surface area (Å²) in [5.74, 6) is 0. The summed E-state index contributed by atoms with van der Waals surface area (Å²) in [6.07, 6.45) is 2.09. The zero-order valence-corrected chi connectivity index (χ0v) is 12.8. The third-order valence-corrected chi connectivity index (χ3v) is 4.73. The second-order valence-electron chi connectivity index (χ2n) is 3.76. The maximum Gasteiger partial charge on any atom is 0.119 e. The first-order chi connectivity index (χ1) is 8.81. The quantitative estimate of drug-likeness (QED) is 0.626. The summed E-state index contributed by atoms with van der Waals surface area (Å²) >= 11 is 6.52. The van der Waals surface area contributed by atoms with Crippen LogP contribution < -0.4 is 0 Å². The smallest absolute Gasteiger partial charge is 0.119 e. The first-order valence-electron chi connectivity index (χ1n) is 5.35. The number of fused-ring (bicyclic) bond motifs is 1. The zero-order chi connectivity index (χ0) is 12.5. The fraction of sp³-hybridized carbons (Fsp3) is 0.0769. The number of thioether (sulfide) groups is 1. The lowest BCUT2D eigenvalue weighted by molar-refractivity contribution is 1.45. The molecule has 3 aromatic rings. The van der Waals surface area contributed by atoms with E-state index in [1.54, 1.807) is 11.8 Å². The third kappa shape index (κ3) is 1.96. The minimum atomic E-state index is 0.938. The van der Waals surface area contributed by atoms with Gasteiger partial charge in [-0.25, -0.2) is 0 Å². The number of nitrogens with zero attached hydrogens (tertiary/aromatic N) is 2. The first kappa shape index (κ1) is 12.1. The summed E-state index contributed by atoms with van der Waals surface area (Å²) in [4.78, 5) is 1.26. The van der Waals surface area contributed by atoms with Crippen molar-refractivity contribution in [2.75, 3.05) is 6.26 Å². The van der Waals surface area contributed by atoms with Gasteiger partial charge < -0.3 is 0 Å². The van der Waals surface area contributed by atoms with Crippen molar-refractivity contribution in [3.63, 3.8) is 0 Å². The van der Waals surface area contributed by atoms with Crippen LogP contribution in [0.2, 0.25) is 0 Å². The zero-order valence-electron chi connectivity index (χ0n) is 9.55. The van der Waals surface area contributed by atoms with Crippen LogP contribution >= 0.6 is 39.4 Å². The molecule has 0 aliphatic carbocycles. The van der Waals surface area contributed by atoms with Crippen LogP contribution in [-0.4, -0.2) is 15.0 Å². The van der Waals surface area contributed by atoms with Gasteiger partial charge in [0.05, 0.1) is 11.7 Å². The molecule has 0 N–H and O–H groups in total. The van der Waals surface area contributed by atoms with E-state index in [0.717, 1.165) is 21.1 Å². The van der Waals surface area contributed by atoms with Crippen molar-refractivity contribution in [3.05, 3.63) is 40.9 Å². The molecule has 0 atom stereocenters. The topological polar surface area (TPSA) is 25.8 Å². The molecular weight excluding hydrogens is 328 g/mol. The van der Waals surface area contributed by atoms with Gasteiger partial charge in [-0.2, -0.15) is 8.75 Å². The van der Waals surface area contributed by atoms with Crippen LogP contribution in [0.5, 0.6) is 0 Å². The van der Waals surface area contributed by atoms with Crippen LogP contribution in [0, 0.1) is 0 Å². The van der Waals surface area contributed by atoms with Gasteiger partial charge in [-0.1, -0.05) is 24.3 Å². The molecule has 0 bridgehead atoms. The average molecular weight is 337 g/mol. The highest BCUT2D eigenvalue weighted by Gasteiger charge is 2.12. The second kappa shape index (κ2) is 4.99. The van der Waals surface area contributed by atoms with Gasteiger partial charge in [-0.05, 0) is 39.9 Å². The van der Waals surface area contributed by atoms with Crippen LogP contribution in [0.15, 0.2) is 45.8 Å². The second-order valence-corrected chi connectivity index (χ2v) is 5.99. The molecular formula is C13H9BrN2S2. The van der Waals surface area contributed by atoms with Gasteiger partial charge in [-0.3, -0.25) is 0 Å². The van der Waals surface area contributed by atoms with Crippen molar-refractivity contribution in [3.8, 4) is 11.1 Å². The predicted molar refractivity (Wildman–Crippen MR) is 82.3 cm³/mol. The molecule has 2 nitrogen and oxygen atoms in total. The number of hydrogen-bond acceptors (Lipinski definition) is 4. The molecule has 3 rings (SSSR count). The number of aromatic nitrogens is 2. The number of hydrogen-bond donors (Lipinski definition) is 0. The van der Waals surface area contributed by atoms with Crippen LogP contribution in [0.3, 0.4) is 0 Å². The van der Waals surface area contributed by atoms with Crippen molar-refractivity contribution in [2.24, 2.45) is 0 Å². The molecule has 0 saturated heterocycles. The fourth-order valence-corrected chi connectivity index (χ4v) is 3.63. The Hall–Kier alpha value is -0.910. The van der Waals surface area contributed by atoms with Crippen molar-refractivity contribution >= 4 is 50.5 Å². The summed E-state index contributed by atoms with van der Waals surface area (Å²) in [6.45, 7) is 0. The lowest BCUT2D eigenvalue weighted by Crippen LogP contribution is -1.84. The first-order valence-corrected chi connectivity index (χ1v) is 8.10. The lowest BCUT2D eigenvalue weighted by atomic mass is 10.0. The Morgan fingerprint density at radius 3 is 2.61 bits per heavy atom.